The average Bonchev–Trinajstić information content (AvgIpc) is 2.35. The van der Waals surface area contributed by atoms with E-state index in [9.17, 15) is 0 Å². The van der Waals surface area contributed by atoms with Crippen LogP contribution in [0.5, 0.6) is 0 Å². The molecule has 0 aliphatic carbocycles. The van der Waals surface area contributed by atoms with Crippen molar-refractivity contribution in [3.05, 3.63) is 0 Å². The monoisotopic (exact) mass is 260 g/mol. The molecule has 1 atom stereocenters. The van der Waals surface area contributed by atoms with Gasteiger partial charge in [0.1, 0.15) is 0 Å². The molecule has 0 fully saturated rings. The van der Waals surface area contributed by atoms with Crippen LogP contribution >= 0.6 is 12.2 Å². The van der Waals surface area contributed by atoms with Crippen LogP contribution < -0.4 is 10.6 Å². The number of hydrogen-bond acceptors (Lipinski definition) is 2. The van der Waals surface area contributed by atoms with E-state index < -0.39 is 0 Å². The van der Waals surface area contributed by atoms with Crippen LogP contribution in [0.4, 0.5) is 0 Å². The van der Waals surface area contributed by atoms with E-state index in [0.717, 1.165) is 37.1 Å². The molecule has 0 amide bonds. The minimum atomic E-state index is 0.744. The van der Waals surface area contributed by atoms with Crippen molar-refractivity contribution >= 4 is 17.3 Å². The Balaban J connectivity index is 3.52. The highest BCUT2D eigenvalue weighted by Crippen LogP contribution is 2.10. The van der Waals surface area contributed by atoms with E-state index in [1.807, 2.05) is 0 Å². The van der Waals surface area contributed by atoms with Crippen molar-refractivity contribution in [2.24, 2.45) is 5.92 Å². The standard InChI is InChI=1S/C13H28N2OS/c1-4-6-8-12(5-2)11-15-13(17)14-9-7-10-16-3/h12H,4-11H2,1-3H3,(H2,14,15,17). The number of hydrogen-bond donors (Lipinski definition) is 2. The molecule has 3 nitrogen and oxygen atoms in total. The van der Waals surface area contributed by atoms with Gasteiger partial charge in [-0.3, -0.25) is 0 Å². The fourth-order valence-electron chi connectivity index (χ4n) is 1.66. The van der Waals surface area contributed by atoms with Crippen LogP contribution in [0.3, 0.4) is 0 Å². The fourth-order valence-corrected chi connectivity index (χ4v) is 1.85. The van der Waals surface area contributed by atoms with Crippen molar-refractivity contribution in [1.82, 2.24) is 10.6 Å². The smallest absolute Gasteiger partial charge is 0.166 e. The van der Waals surface area contributed by atoms with Gasteiger partial charge in [0, 0.05) is 26.8 Å². The molecule has 0 radical (unpaired) electrons. The minimum Gasteiger partial charge on any atom is -0.385 e. The number of ether oxygens (including phenoxy) is 1. The molecule has 0 aliphatic heterocycles. The third kappa shape index (κ3) is 10.5. The molecule has 0 saturated carbocycles. The zero-order chi connectivity index (χ0) is 12.9. The maximum atomic E-state index is 5.22. The lowest BCUT2D eigenvalue weighted by Gasteiger charge is -2.17. The zero-order valence-corrected chi connectivity index (χ0v) is 12.4. The van der Waals surface area contributed by atoms with Gasteiger partial charge in [0.05, 0.1) is 0 Å². The van der Waals surface area contributed by atoms with Crippen LogP contribution in [0.2, 0.25) is 0 Å². The molecule has 0 spiro atoms. The Morgan fingerprint density at radius 2 is 2.00 bits per heavy atom. The van der Waals surface area contributed by atoms with Gasteiger partial charge in [-0.15, -0.1) is 0 Å². The zero-order valence-electron chi connectivity index (χ0n) is 11.6. The molecular formula is C13H28N2OS. The van der Waals surface area contributed by atoms with Crippen molar-refractivity contribution in [2.45, 2.75) is 46.0 Å². The first-order valence-corrected chi connectivity index (χ1v) is 7.16. The van der Waals surface area contributed by atoms with Crippen LogP contribution in [-0.4, -0.2) is 31.9 Å². The van der Waals surface area contributed by atoms with Crippen molar-refractivity contribution in [2.75, 3.05) is 26.8 Å². The van der Waals surface area contributed by atoms with Gasteiger partial charge in [-0.25, -0.2) is 0 Å². The van der Waals surface area contributed by atoms with E-state index in [4.69, 9.17) is 17.0 Å². The lowest BCUT2D eigenvalue weighted by molar-refractivity contribution is 0.195. The first kappa shape index (κ1) is 16.6. The normalized spacial score (nSPS) is 12.2. The summed E-state index contributed by atoms with van der Waals surface area (Å²) in [5.74, 6) is 0.744. The summed E-state index contributed by atoms with van der Waals surface area (Å²) in [6.45, 7) is 7.14. The largest absolute Gasteiger partial charge is 0.385 e. The van der Waals surface area contributed by atoms with Crippen molar-refractivity contribution in [1.29, 1.82) is 0 Å². The summed E-state index contributed by atoms with van der Waals surface area (Å²) in [6, 6.07) is 0. The second kappa shape index (κ2) is 12.1. The van der Waals surface area contributed by atoms with E-state index in [1.54, 1.807) is 7.11 Å². The highest BCUT2D eigenvalue weighted by Gasteiger charge is 2.05. The number of nitrogens with one attached hydrogen (secondary N) is 2. The highest BCUT2D eigenvalue weighted by molar-refractivity contribution is 7.80. The summed E-state index contributed by atoms with van der Waals surface area (Å²) < 4.78 is 4.98. The maximum absolute atomic E-state index is 5.22. The predicted octanol–water partition coefficient (Wildman–Crippen LogP) is 2.70. The Bertz CT molecular complexity index is 188. The SMILES string of the molecule is CCCCC(CC)CNC(=S)NCCCOC. The number of methoxy groups -OCH3 is 1. The van der Waals surface area contributed by atoms with Crippen molar-refractivity contribution in [3.63, 3.8) is 0 Å². The van der Waals surface area contributed by atoms with Crippen molar-refractivity contribution in [3.8, 4) is 0 Å². The Kier molecular flexibility index (Phi) is 11.9. The summed E-state index contributed by atoms with van der Waals surface area (Å²) in [6.07, 6.45) is 6.10. The first-order valence-electron chi connectivity index (χ1n) is 6.75. The second-order valence-electron chi connectivity index (χ2n) is 4.40. The van der Waals surface area contributed by atoms with E-state index in [2.05, 4.69) is 24.5 Å². The molecule has 17 heavy (non-hydrogen) atoms. The first-order chi connectivity index (χ1) is 8.24. The molecule has 0 bridgehead atoms. The third-order valence-corrected chi connectivity index (χ3v) is 3.19. The van der Waals surface area contributed by atoms with E-state index in [-0.39, 0.29) is 0 Å². The summed E-state index contributed by atoms with van der Waals surface area (Å²) in [5, 5.41) is 7.27. The summed E-state index contributed by atoms with van der Waals surface area (Å²) in [4.78, 5) is 0. The Hall–Kier alpha value is -0.350. The molecule has 4 heteroatoms. The quantitative estimate of drug-likeness (QED) is 0.467. The lowest BCUT2D eigenvalue weighted by atomic mass is 9.99. The van der Waals surface area contributed by atoms with Gasteiger partial charge in [0.25, 0.3) is 0 Å². The topological polar surface area (TPSA) is 33.3 Å². The molecule has 0 heterocycles. The molecule has 0 saturated heterocycles. The molecular weight excluding hydrogens is 232 g/mol. The average molecular weight is 260 g/mol. The van der Waals surface area contributed by atoms with E-state index >= 15 is 0 Å². The molecule has 0 aromatic carbocycles. The number of unbranched alkanes of at least 4 members (excludes halogenated alkanes) is 1. The Morgan fingerprint density at radius 3 is 2.59 bits per heavy atom. The molecule has 1 unspecified atom stereocenters. The molecule has 0 rings (SSSR count). The van der Waals surface area contributed by atoms with E-state index in [1.165, 1.54) is 25.7 Å². The van der Waals surface area contributed by atoms with Crippen LogP contribution in [0.15, 0.2) is 0 Å². The van der Waals surface area contributed by atoms with Gasteiger partial charge in [0.2, 0.25) is 0 Å². The number of thiocarbonyl (C=S) groups is 1. The molecule has 0 aliphatic rings. The summed E-state index contributed by atoms with van der Waals surface area (Å²) >= 11 is 5.22. The van der Waals surface area contributed by atoms with Gasteiger partial charge in [0.15, 0.2) is 5.11 Å². The van der Waals surface area contributed by atoms with Gasteiger partial charge in [-0.05, 0) is 31.0 Å². The van der Waals surface area contributed by atoms with Gasteiger partial charge in [-0.2, -0.15) is 0 Å². The van der Waals surface area contributed by atoms with Crippen LogP contribution in [-0.2, 0) is 4.74 Å². The predicted molar refractivity (Wildman–Crippen MR) is 78.4 cm³/mol. The minimum absolute atomic E-state index is 0.744. The highest BCUT2D eigenvalue weighted by atomic mass is 32.1. The second-order valence-corrected chi connectivity index (χ2v) is 4.81. The molecule has 2 N–H and O–H groups in total. The van der Waals surface area contributed by atoms with Crippen LogP contribution in [0.1, 0.15) is 46.0 Å². The van der Waals surface area contributed by atoms with Gasteiger partial charge in [-0.1, -0.05) is 33.1 Å². The van der Waals surface area contributed by atoms with Crippen LogP contribution in [0, 0.1) is 5.92 Å². The summed E-state index contributed by atoms with van der Waals surface area (Å²) in [5.41, 5.74) is 0. The molecule has 102 valence electrons. The van der Waals surface area contributed by atoms with E-state index in [0.29, 0.717) is 0 Å². The maximum Gasteiger partial charge on any atom is 0.166 e. The van der Waals surface area contributed by atoms with Crippen molar-refractivity contribution < 1.29 is 4.74 Å². The summed E-state index contributed by atoms with van der Waals surface area (Å²) in [7, 11) is 1.72. The number of rotatable bonds is 10. The fraction of sp³-hybridized carbons (Fsp3) is 0.923. The van der Waals surface area contributed by atoms with Gasteiger partial charge >= 0.3 is 0 Å². The Morgan fingerprint density at radius 1 is 1.24 bits per heavy atom. The molecule has 0 aromatic heterocycles. The van der Waals surface area contributed by atoms with Gasteiger partial charge < -0.3 is 15.4 Å². The van der Waals surface area contributed by atoms with Crippen LogP contribution in [0.25, 0.3) is 0 Å². The lowest BCUT2D eigenvalue weighted by Crippen LogP contribution is -2.38. The Labute approximate surface area is 112 Å². The molecule has 0 aromatic rings. The third-order valence-electron chi connectivity index (χ3n) is 2.91.